The summed E-state index contributed by atoms with van der Waals surface area (Å²) in [5.41, 5.74) is -1.38. The van der Waals surface area contributed by atoms with Crippen molar-refractivity contribution in [3.63, 3.8) is 0 Å². The summed E-state index contributed by atoms with van der Waals surface area (Å²) < 4.78 is 39.5. The molecule has 5 nitrogen and oxygen atoms in total. The number of hydrogen-bond acceptors (Lipinski definition) is 3. The number of carbonyl (C=O) groups is 1. The zero-order valence-corrected chi connectivity index (χ0v) is 9.48. The second kappa shape index (κ2) is 3.69. The van der Waals surface area contributed by atoms with Crippen LogP contribution >= 0.6 is 0 Å². The van der Waals surface area contributed by atoms with Gasteiger partial charge in [0.05, 0.1) is 6.20 Å². The highest BCUT2D eigenvalue weighted by molar-refractivity contribution is 5.86. The molecular formula is C11H8F3N3O2. The Kier molecular flexibility index (Phi) is 2.32. The van der Waals surface area contributed by atoms with Crippen LogP contribution in [-0.2, 0) is 6.18 Å². The van der Waals surface area contributed by atoms with Crippen molar-refractivity contribution in [3.8, 4) is 0 Å². The number of carboxylic acids is 1. The van der Waals surface area contributed by atoms with Crippen LogP contribution in [0.3, 0.4) is 0 Å². The largest absolute Gasteiger partial charge is 0.477 e. The topological polar surface area (TPSA) is 67.5 Å². The lowest BCUT2D eigenvalue weighted by Crippen LogP contribution is -2.10. The van der Waals surface area contributed by atoms with Crippen LogP contribution in [0.2, 0.25) is 0 Å². The van der Waals surface area contributed by atoms with E-state index in [0.717, 1.165) is 17.4 Å². The first-order chi connectivity index (χ1) is 8.88. The smallest absolute Gasteiger partial charge is 0.421 e. The maximum absolute atomic E-state index is 12.8. The van der Waals surface area contributed by atoms with Crippen LogP contribution < -0.4 is 0 Å². The SMILES string of the molecule is O=C(O)c1cc(C2CC2)n2ncc(C(F)(F)F)c2n1. The Morgan fingerprint density at radius 3 is 2.63 bits per heavy atom. The number of fused-ring (bicyclic) bond motifs is 1. The molecule has 2 heterocycles. The highest BCUT2D eigenvalue weighted by atomic mass is 19.4. The molecule has 0 unspecified atom stereocenters. The minimum absolute atomic E-state index is 0.0598. The highest BCUT2D eigenvalue weighted by Gasteiger charge is 2.37. The fraction of sp³-hybridized carbons (Fsp3) is 0.364. The number of hydrogen-bond donors (Lipinski definition) is 1. The average molecular weight is 271 g/mol. The van der Waals surface area contributed by atoms with Crippen LogP contribution in [0, 0.1) is 0 Å². The van der Waals surface area contributed by atoms with Gasteiger partial charge in [-0.1, -0.05) is 0 Å². The average Bonchev–Trinajstić information content (AvgIpc) is 3.04. The van der Waals surface area contributed by atoms with Crippen LogP contribution in [0.1, 0.15) is 40.5 Å². The molecule has 3 rings (SSSR count). The number of aromatic carboxylic acids is 1. The van der Waals surface area contributed by atoms with Crippen LogP contribution in [-0.4, -0.2) is 25.7 Å². The summed E-state index contributed by atoms with van der Waals surface area (Å²) in [4.78, 5) is 14.5. The first-order valence-electron chi connectivity index (χ1n) is 5.57. The van der Waals surface area contributed by atoms with Gasteiger partial charge in [-0.25, -0.2) is 14.3 Å². The summed E-state index contributed by atoms with van der Waals surface area (Å²) in [7, 11) is 0. The molecular weight excluding hydrogens is 263 g/mol. The van der Waals surface area contributed by atoms with Gasteiger partial charge >= 0.3 is 12.1 Å². The van der Waals surface area contributed by atoms with Crippen molar-refractivity contribution in [3.05, 3.63) is 29.2 Å². The van der Waals surface area contributed by atoms with Crippen molar-refractivity contribution in [2.24, 2.45) is 0 Å². The maximum Gasteiger partial charge on any atom is 0.421 e. The van der Waals surface area contributed by atoms with Gasteiger partial charge in [0.25, 0.3) is 0 Å². The van der Waals surface area contributed by atoms with Gasteiger partial charge in [0.2, 0.25) is 0 Å². The van der Waals surface area contributed by atoms with Crippen LogP contribution in [0.4, 0.5) is 13.2 Å². The summed E-state index contributed by atoms with van der Waals surface area (Å²) in [6.45, 7) is 0. The van der Waals surface area contributed by atoms with Gasteiger partial charge in [0, 0.05) is 11.6 Å². The molecule has 2 aromatic rings. The summed E-state index contributed by atoms with van der Waals surface area (Å²) >= 11 is 0. The number of carboxylic acid groups (broad SMARTS) is 1. The Bertz CT molecular complexity index is 674. The van der Waals surface area contributed by atoms with E-state index in [4.69, 9.17) is 5.11 Å². The summed E-state index contributed by atoms with van der Waals surface area (Å²) in [5, 5.41) is 12.6. The van der Waals surface area contributed by atoms with E-state index < -0.39 is 23.4 Å². The molecule has 1 fully saturated rings. The second-order valence-electron chi connectivity index (χ2n) is 4.44. The van der Waals surface area contributed by atoms with E-state index in [1.54, 1.807) is 0 Å². The Morgan fingerprint density at radius 2 is 2.11 bits per heavy atom. The molecule has 0 bridgehead atoms. The standard InChI is InChI=1S/C11H8F3N3O2/c12-11(13,14)6-4-15-17-8(5-1-2-5)3-7(10(18)19)16-9(6)17/h3-5H,1-2H2,(H,18,19). The number of nitrogens with zero attached hydrogens (tertiary/aromatic N) is 3. The van der Waals surface area contributed by atoms with Gasteiger partial charge in [0.1, 0.15) is 5.56 Å². The lowest BCUT2D eigenvalue weighted by atomic mass is 10.2. The second-order valence-corrected chi connectivity index (χ2v) is 4.44. The van der Waals surface area contributed by atoms with Crippen LogP contribution in [0.25, 0.3) is 5.65 Å². The Balaban J connectivity index is 2.30. The fourth-order valence-corrected chi connectivity index (χ4v) is 1.97. The minimum atomic E-state index is -4.60. The molecule has 8 heteroatoms. The monoisotopic (exact) mass is 271 g/mol. The van der Waals surface area contributed by atoms with Gasteiger partial charge in [-0.15, -0.1) is 0 Å². The van der Waals surface area contributed by atoms with Crippen molar-refractivity contribution in [1.29, 1.82) is 0 Å². The third-order valence-electron chi connectivity index (χ3n) is 3.02. The molecule has 0 radical (unpaired) electrons. The van der Waals surface area contributed by atoms with Gasteiger partial charge in [-0.3, -0.25) is 0 Å². The molecule has 0 amide bonds. The van der Waals surface area contributed by atoms with E-state index in [1.807, 2.05) is 0 Å². The third-order valence-corrected chi connectivity index (χ3v) is 3.02. The van der Waals surface area contributed by atoms with Gasteiger partial charge in [0.15, 0.2) is 11.3 Å². The van der Waals surface area contributed by atoms with Gasteiger partial charge in [-0.05, 0) is 18.9 Å². The number of halogens is 3. The molecule has 0 aliphatic heterocycles. The van der Waals surface area contributed by atoms with Crippen molar-refractivity contribution >= 4 is 11.6 Å². The molecule has 1 aliphatic carbocycles. The molecule has 1 aliphatic rings. The molecule has 0 atom stereocenters. The van der Waals surface area contributed by atoms with Crippen LogP contribution in [0.5, 0.6) is 0 Å². The quantitative estimate of drug-likeness (QED) is 0.910. The molecule has 0 aromatic carbocycles. The zero-order valence-electron chi connectivity index (χ0n) is 9.48. The lowest BCUT2D eigenvalue weighted by Gasteiger charge is -2.07. The van der Waals surface area contributed by atoms with E-state index in [1.165, 1.54) is 6.07 Å². The minimum Gasteiger partial charge on any atom is -0.477 e. The molecule has 2 aromatic heterocycles. The predicted molar refractivity (Wildman–Crippen MR) is 56.9 cm³/mol. The molecule has 100 valence electrons. The highest BCUT2D eigenvalue weighted by Crippen LogP contribution is 2.41. The normalized spacial score (nSPS) is 15.9. The van der Waals surface area contributed by atoms with Gasteiger partial charge in [-0.2, -0.15) is 18.3 Å². The first-order valence-corrected chi connectivity index (χ1v) is 5.57. The predicted octanol–water partition coefficient (Wildman–Crippen LogP) is 2.32. The third kappa shape index (κ3) is 1.92. The molecule has 0 saturated heterocycles. The number of rotatable bonds is 2. The summed E-state index contributed by atoms with van der Waals surface area (Å²) in [5.74, 6) is -1.29. The molecule has 1 N–H and O–H groups in total. The van der Waals surface area contributed by atoms with Crippen molar-refractivity contribution in [2.75, 3.05) is 0 Å². The fourth-order valence-electron chi connectivity index (χ4n) is 1.97. The van der Waals surface area contributed by atoms with E-state index >= 15 is 0 Å². The Morgan fingerprint density at radius 1 is 1.42 bits per heavy atom. The molecule has 1 saturated carbocycles. The van der Waals surface area contributed by atoms with E-state index in [0.29, 0.717) is 11.9 Å². The van der Waals surface area contributed by atoms with E-state index in [-0.39, 0.29) is 11.6 Å². The first kappa shape index (κ1) is 11.9. The van der Waals surface area contributed by atoms with Crippen molar-refractivity contribution < 1.29 is 23.1 Å². The summed E-state index contributed by atoms with van der Waals surface area (Å²) in [6.07, 6.45) is -2.29. The van der Waals surface area contributed by atoms with Crippen molar-refractivity contribution in [2.45, 2.75) is 24.9 Å². The zero-order chi connectivity index (χ0) is 13.8. The lowest BCUT2D eigenvalue weighted by molar-refractivity contribution is -0.136. The van der Waals surface area contributed by atoms with E-state index in [9.17, 15) is 18.0 Å². The van der Waals surface area contributed by atoms with E-state index in [2.05, 4.69) is 10.1 Å². The Labute approximate surface area is 104 Å². The number of alkyl halides is 3. The molecule has 19 heavy (non-hydrogen) atoms. The Hall–Kier alpha value is -2.12. The van der Waals surface area contributed by atoms with Crippen LogP contribution in [0.15, 0.2) is 12.3 Å². The number of aromatic nitrogens is 3. The molecule has 0 spiro atoms. The summed E-state index contributed by atoms with van der Waals surface area (Å²) in [6, 6.07) is 1.29. The van der Waals surface area contributed by atoms with Crippen molar-refractivity contribution in [1.82, 2.24) is 14.6 Å². The maximum atomic E-state index is 12.8. The van der Waals surface area contributed by atoms with Gasteiger partial charge < -0.3 is 5.11 Å².